The Labute approximate surface area is 349 Å². The number of hydrogen-bond donors (Lipinski definition) is 2. The van der Waals surface area contributed by atoms with E-state index < -0.39 is 0 Å². The second kappa shape index (κ2) is 18.4. The topological polar surface area (TPSA) is 101 Å². The Morgan fingerprint density at radius 2 is 1.44 bits per heavy atom. The molecule has 0 aliphatic carbocycles. The highest BCUT2D eigenvalue weighted by molar-refractivity contribution is 8.03. The minimum atomic E-state index is -0.387. The van der Waals surface area contributed by atoms with E-state index in [1.54, 1.807) is 60.8 Å². The molecule has 0 fully saturated rings. The van der Waals surface area contributed by atoms with Crippen LogP contribution in [-0.4, -0.2) is 36.5 Å². The summed E-state index contributed by atoms with van der Waals surface area (Å²) in [6.45, 7) is 8.20. The third kappa shape index (κ3) is 9.34. The lowest BCUT2D eigenvalue weighted by molar-refractivity contribution is 0.0324. The summed E-state index contributed by atoms with van der Waals surface area (Å²) in [7, 11) is 0. The van der Waals surface area contributed by atoms with E-state index in [0.29, 0.717) is 51.3 Å². The van der Waals surface area contributed by atoms with Gasteiger partial charge in [-0.25, -0.2) is 20.9 Å². The third-order valence-corrected chi connectivity index (χ3v) is 11.9. The fourth-order valence-corrected chi connectivity index (χ4v) is 8.50. The molecule has 12 heteroatoms. The molecular formula is C45H36Cl2N4O4S2. The molecule has 0 unspecified atom stereocenters. The van der Waals surface area contributed by atoms with Crippen LogP contribution in [0.5, 0.6) is 0 Å². The second-order valence-corrected chi connectivity index (χ2v) is 15.8. The van der Waals surface area contributed by atoms with E-state index in [0.717, 1.165) is 53.1 Å². The first-order chi connectivity index (χ1) is 27.7. The molecule has 8 nitrogen and oxygen atoms in total. The van der Waals surface area contributed by atoms with Crippen molar-refractivity contribution in [1.82, 2.24) is 11.0 Å². The molecule has 2 aliphatic rings. The van der Waals surface area contributed by atoms with Gasteiger partial charge < -0.3 is 0 Å². The summed E-state index contributed by atoms with van der Waals surface area (Å²) in [5.41, 5.74) is 13.1. The van der Waals surface area contributed by atoms with E-state index in [9.17, 15) is 9.59 Å². The molecule has 0 bridgehead atoms. The lowest BCUT2D eigenvalue weighted by Gasteiger charge is -2.13. The number of aliphatic imine (C=N–C) groups is 2. The Bertz CT molecular complexity index is 2530. The van der Waals surface area contributed by atoms with Gasteiger partial charge in [0.25, 0.3) is 11.8 Å². The van der Waals surface area contributed by atoms with E-state index in [4.69, 9.17) is 42.9 Å². The Kier molecular flexibility index (Phi) is 12.9. The molecular weight excluding hydrogens is 796 g/mol. The van der Waals surface area contributed by atoms with Crippen molar-refractivity contribution in [1.29, 1.82) is 0 Å². The average molecular weight is 832 g/mol. The molecule has 2 amide bonds. The van der Waals surface area contributed by atoms with Gasteiger partial charge in [-0.05, 0) is 104 Å². The molecule has 0 spiro atoms. The number of benzene rings is 5. The van der Waals surface area contributed by atoms with Crippen LogP contribution in [0.25, 0.3) is 0 Å². The predicted molar refractivity (Wildman–Crippen MR) is 232 cm³/mol. The van der Waals surface area contributed by atoms with E-state index in [1.807, 2.05) is 91.9 Å². The van der Waals surface area contributed by atoms with Gasteiger partial charge in [-0.1, -0.05) is 102 Å². The number of hydrogen-bond acceptors (Lipinski definition) is 8. The number of fused-ring (bicyclic) bond motifs is 3. The number of carbonyl (C=O) groups excluding carboxylic acids is 2. The van der Waals surface area contributed by atoms with Gasteiger partial charge in [0.2, 0.25) is 0 Å². The number of halogens is 2. The molecule has 7 rings (SSSR count). The fraction of sp³-hybridized carbons (Fsp3) is 0.111. The molecule has 286 valence electrons. The largest absolute Gasteiger partial charge is 0.274 e. The Hall–Kier alpha value is -5.20. The molecule has 57 heavy (non-hydrogen) atoms. The summed E-state index contributed by atoms with van der Waals surface area (Å²) in [6.07, 6.45) is 6.13. The SMILES string of the molecule is C=C/C=C\C1=C(C)C(c2cccc(Cl)c2)=Nc2cc(C(=O)NOCCc3ccc4c(c3)C(c3ccccc3Cl)=Nc3cc(C(=O)NOCC)ccc3S4)ccc2S1. The fourth-order valence-electron chi connectivity index (χ4n) is 6.12. The first kappa shape index (κ1) is 40.0. The normalized spacial score (nSPS) is 13.4. The monoisotopic (exact) mass is 830 g/mol. The minimum Gasteiger partial charge on any atom is -0.274 e. The molecule has 2 N–H and O–H groups in total. The van der Waals surface area contributed by atoms with E-state index >= 15 is 0 Å². The number of hydroxylamine groups is 2. The van der Waals surface area contributed by atoms with Crippen LogP contribution in [0.15, 0.2) is 163 Å². The quantitative estimate of drug-likeness (QED) is 0.0723. The van der Waals surface area contributed by atoms with E-state index in [2.05, 4.69) is 23.6 Å². The Morgan fingerprint density at radius 3 is 2.14 bits per heavy atom. The van der Waals surface area contributed by atoms with Gasteiger partial charge in [0.1, 0.15) is 0 Å². The van der Waals surface area contributed by atoms with Crippen LogP contribution in [-0.2, 0) is 16.1 Å². The zero-order valence-electron chi connectivity index (χ0n) is 31.0. The van der Waals surface area contributed by atoms with Gasteiger partial charge in [0.15, 0.2) is 0 Å². The summed E-state index contributed by atoms with van der Waals surface area (Å²) in [4.78, 5) is 50.9. The second-order valence-electron chi connectivity index (χ2n) is 12.8. The highest BCUT2D eigenvalue weighted by atomic mass is 35.5. The van der Waals surface area contributed by atoms with E-state index in [-0.39, 0.29) is 18.4 Å². The van der Waals surface area contributed by atoms with Crippen LogP contribution in [0.4, 0.5) is 11.4 Å². The zero-order chi connectivity index (χ0) is 39.9. The molecule has 0 saturated heterocycles. The molecule has 5 aromatic rings. The third-order valence-electron chi connectivity index (χ3n) is 8.95. The summed E-state index contributed by atoms with van der Waals surface area (Å²) < 4.78 is 0. The lowest BCUT2D eigenvalue weighted by Crippen LogP contribution is -2.24. The van der Waals surface area contributed by atoms with Gasteiger partial charge in [0.05, 0.1) is 36.0 Å². The van der Waals surface area contributed by atoms with Crippen LogP contribution in [0.3, 0.4) is 0 Å². The van der Waals surface area contributed by atoms with Crippen molar-refractivity contribution in [2.75, 3.05) is 13.2 Å². The molecule has 0 aromatic heterocycles. The lowest BCUT2D eigenvalue weighted by atomic mass is 9.99. The number of carbonyl (C=O) groups is 2. The predicted octanol–water partition coefficient (Wildman–Crippen LogP) is 11.5. The van der Waals surface area contributed by atoms with E-state index in [1.165, 1.54) is 0 Å². The molecule has 0 radical (unpaired) electrons. The molecule has 0 atom stereocenters. The summed E-state index contributed by atoms with van der Waals surface area (Å²) in [6, 6.07) is 32.1. The van der Waals surface area contributed by atoms with Crippen LogP contribution < -0.4 is 11.0 Å². The average Bonchev–Trinajstić information content (AvgIpc) is 3.47. The number of nitrogens with zero attached hydrogens (tertiary/aromatic N) is 2. The number of nitrogens with one attached hydrogen (secondary N) is 2. The van der Waals surface area contributed by atoms with Gasteiger partial charge in [-0.3, -0.25) is 19.3 Å². The zero-order valence-corrected chi connectivity index (χ0v) is 34.1. The maximum Gasteiger partial charge on any atom is 0.274 e. The van der Waals surface area contributed by atoms with Crippen molar-refractivity contribution >= 4 is 81.3 Å². The number of rotatable bonds is 12. The van der Waals surface area contributed by atoms with Crippen molar-refractivity contribution < 1.29 is 19.3 Å². The van der Waals surface area contributed by atoms with Crippen LogP contribution in [0, 0.1) is 0 Å². The van der Waals surface area contributed by atoms with Crippen molar-refractivity contribution in [3.05, 3.63) is 182 Å². The Balaban J connectivity index is 1.09. The summed E-state index contributed by atoms with van der Waals surface area (Å²) in [5, 5.41) is 1.16. The molecule has 2 aliphatic heterocycles. The van der Waals surface area contributed by atoms with Crippen LogP contribution in [0.1, 0.15) is 56.8 Å². The van der Waals surface area contributed by atoms with Crippen molar-refractivity contribution in [3.8, 4) is 0 Å². The standard InChI is InChI=1S/C45H36Cl2N4O4S2/c1-4-6-14-38-27(3)42(29-10-9-11-32(46)24-29)48-36-25-31(16-19-40(36)56-38)45(53)51-55-22-21-28-15-18-39-34(23-28)43(33-12-7-8-13-35(33)47)49-37-26-30(17-20-41(37)57-39)44(52)50-54-5-2/h4,6-20,23-26H,1,5,21-22H2,2-3H3,(H,50,52)(H,51,53)/b14-6-. The van der Waals surface area contributed by atoms with Gasteiger partial charge in [0, 0.05) is 57.5 Å². The maximum absolute atomic E-state index is 13.4. The molecule has 0 saturated carbocycles. The highest BCUT2D eigenvalue weighted by Gasteiger charge is 2.23. The summed E-state index contributed by atoms with van der Waals surface area (Å²) >= 11 is 16.2. The number of amides is 2. The molecule has 2 heterocycles. The van der Waals surface area contributed by atoms with Crippen LogP contribution >= 0.6 is 46.7 Å². The Morgan fingerprint density at radius 1 is 0.754 bits per heavy atom. The number of allylic oxidation sites excluding steroid dienone is 4. The van der Waals surface area contributed by atoms with Gasteiger partial charge >= 0.3 is 0 Å². The minimum absolute atomic E-state index is 0.217. The number of thioether (sulfide) groups is 1. The smallest absolute Gasteiger partial charge is 0.274 e. The molecule has 5 aromatic carbocycles. The van der Waals surface area contributed by atoms with Crippen molar-refractivity contribution in [2.24, 2.45) is 9.98 Å². The maximum atomic E-state index is 13.4. The first-order valence-electron chi connectivity index (χ1n) is 18.0. The van der Waals surface area contributed by atoms with Crippen molar-refractivity contribution in [3.63, 3.8) is 0 Å². The van der Waals surface area contributed by atoms with Crippen molar-refractivity contribution in [2.45, 2.75) is 35.0 Å². The summed E-state index contributed by atoms with van der Waals surface area (Å²) in [5.74, 6) is -0.743. The van der Waals surface area contributed by atoms with Gasteiger partial charge in [-0.2, -0.15) is 0 Å². The van der Waals surface area contributed by atoms with Crippen LogP contribution in [0.2, 0.25) is 10.0 Å². The van der Waals surface area contributed by atoms with Gasteiger partial charge in [-0.15, -0.1) is 0 Å². The highest BCUT2D eigenvalue weighted by Crippen LogP contribution is 2.44. The first-order valence-corrected chi connectivity index (χ1v) is 20.4.